The van der Waals surface area contributed by atoms with Crippen LogP contribution in [0.15, 0.2) is 33.7 Å². The highest BCUT2D eigenvalue weighted by Gasteiger charge is 2.09. The van der Waals surface area contributed by atoms with Crippen molar-refractivity contribution in [2.45, 2.75) is 4.90 Å². The summed E-state index contributed by atoms with van der Waals surface area (Å²) >= 11 is 7.56. The predicted octanol–water partition coefficient (Wildman–Crippen LogP) is 3.30. The number of rotatable bonds is 2. The number of halogens is 1. The topological polar surface area (TPSA) is 52.0 Å². The Kier molecular flexibility index (Phi) is 2.88. The van der Waals surface area contributed by atoms with Crippen LogP contribution in [0.25, 0.3) is 11.3 Å². The maximum atomic E-state index is 5.93. The van der Waals surface area contributed by atoms with Crippen molar-refractivity contribution in [3.8, 4) is 11.3 Å². The number of hydrogen-bond donors (Lipinski definition) is 1. The van der Waals surface area contributed by atoms with Crippen LogP contribution in [0.2, 0.25) is 5.02 Å². The molecule has 2 rings (SSSR count). The molecule has 0 fully saturated rings. The van der Waals surface area contributed by atoms with Gasteiger partial charge in [-0.05, 0) is 24.5 Å². The fourth-order valence-electron chi connectivity index (χ4n) is 1.30. The summed E-state index contributed by atoms with van der Waals surface area (Å²) in [6, 6.07) is 7.34. The minimum atomic E-state index is 0.303. The molecule has 1 heterocycles. The molecule has 0 aliphatic rings. The van der Waals surface area contributed by atoms with Gasteiger partial charge in [-0.25, -0.2) is 0 Å². The van der Waals surface area contributed by atoms with Crippen molar-refractivity contribution in [1.82, 2.24) is 5.16 Å². The van der Waals surface area contributed by atoms with Crippen LogP contribution in [-0.2, 0) is 0 Å². The first-order chi connectivity index (χ1) is 7.20. The van der Waals surface area contributed by atoms with Gasteiger partial charge in [-0.2, -0.15) is 0 Å². The number of hydrogen-bond acceptors (Lipinski definition) is 4. The molecule has 1 aromatic carbocycles. The summed E-state index contributed by atoms with van der Waals surface area (Å²) < 4.78 is 4.83. The first kappa shape index (κ1) is 10.4. The van der Waals surface area contributed by atoms with Crippen LogP contribution in [0.3, 0.4) is 0 Å². The molecular weight excluding hydrogens is 232 g/mol. The molecule has 2 N–H and O–H groups in total. The van der Waals surface area contributed by atoms with Gasteiger partial charge in [-0.3, -0.25) is 0 Å². The van der Waals surface area contributed by atoms with Gasteiger partial charge in [0, 0.05) is 21.5 Å². The van der Waals surface area contributed by atoms with Crippen molar-refractivity contribution in [2.24, 2.45) is 0 Å². The molecule has 0 unspecified atom stereocenters. The number of anilines is 1. The molecule has 0 spiro atoms. The van der Waals surface area contributed by atoms with E-state index in [2.05, 4.69) is 5.16 Å². The van der Waals surface area contributed by atoms with E-state index in [1.165, 1.54) is 0 Å². The second kappa shape index (κ2) is 4.16. The molecule has 0 saturated heterocycles. The third-order valence-electron chi connectivity index (χ3n) is 1.97. The summed E-state index contributed by atoms with van der Waals surface area (Å²) in [5.74, 6) is 0.303. The zero-order valence-corrected chi connectivity index (χ0v) is 9.60. The number of benzene rings is 1. The fourth-order valence-corrected chi connectivity index (χ4v) is 2.06. The Morgan fingerprint density at radius 2 is 2.20 bits per heavy atom. The van der Waals surface area contributed by atoms with Crippen molar-refractivity contribution in [3.05, 3.63) is 29.3 Å². The van der Waals surface area contributed by atoms with Crippen LogP contribution < -0.4 is 5.73 Å². The number of nitrogens with zero attached hydrogens (tertiary/aromatic N) is 1. The number of nitrogen functional groups attached to an aromatic ring is 1. The average molecular weight is 241 g/mol. The molecule has 1 aromatic heterocycles. The van der Waals surface area contributed by atoms with E-state index >= 15 is 0 Å². The third kappa shape index (κ3) is 2.11. The SMILES string of the molecule is CSc1ccc(Cl)cc1-c1cc(N)on1. The molecule has 0 amide bonds. The maximum absolute atomic E-state index is 5.93. The van der Waals surface area contributed by atoms with Crippen LogP contribution in [0.1, 0.15) is 0 Å². The lowest BCUT2D eigenvalue weighted by Crippen LogP contribution is -1.82. The average Bonchev–Trinajstić information content (AvgIpc) is 2.65. The minimum absolute atomic E-state index is 0.303. The standard InChI is InChI=1S/C10H9ClN2OS/c1-15-9-3-2-6(11)4-7(9)8-5-10(12)14-13-8/h2-5H,12H2,1H3. The van der Waals surface area contributed by atoms with E-state index in [0.717, 1.165) is 10.5 Å². The normalized spacial score (nSPS) is 10.5. The molecule has 0 atom stereocenters. The Hall–Kier alpha value is -1.13. The highest BCUT2D eigenvalue weighted by Crippen LogP contribution is 2.32. The smallest absolute Gasteiger partial charge is 0.222 e. The Morgan fingerprint density at radius 1 is 1.40 bits per heavy atom. The van der Waals surface area contributed by atoms with Crippen LogP contribution in [0, 0.1) is 0 Å². The summed E-state index contributed by atoms with van der Waals surface area (Å²) in [4.78, 5) is 1.09. The number of aromatic nitrogens is 1. The van der Waals surface area contributed by atoms with Gasteiger partial charge in [0.1, 0.15) is 5.69 Å². The summed E-state index contributed by atoms with van der Waals surface area (Å²) in [6.07, 6.45) is 2.00. The molecule has 0 aliphatic carbocycles. The largest absolute Gasteiger partial charge is 0.368 e. The Bertz CT molecular complexity index is 484. The first-order valence-corrected chi connectivity index (χ1v) is 5.87. The molecule has 5 heteroatoms. The van der Waals surface area contributed by atoms with Crippen LogP contribution in [0.5, 0.6) is 0 Å². The second-order valence-corrected chi connectivity index (χ2v) is 4.24. The Morgan fingerprint density at radius 3 is 2.80 bits per heavy atom. The first-order valence-electron chi connectivity index (χ1n) is 4.27. The van der Waals surface area contributed by atoms with E-state index in [1.807, 2.05) is 24.5 Å². The summed E-state index contributed by atoms with van der Waals surface area (Å²) in [7, 11) is 0. The molecule has 2 aromatic rings. The van der Waals surface area contributed by atoms with E-state index in [1.54, 1.807) is 17.8 Å². The van der Waals surface area contributed by atoms with Gasteiger partial charge in [0.05, 0.1) is 0 Å². The molecule has 78 valence electrons. The van der Waals surface area contributed by atoms with E-state index < -0.39 is 0 Å². The van der Waals surface area contributed by atoms with E-state index in [0.29, 0.717) is 16.6 Å². The lowest BCUT2D eigenvalue weighted by molar-refractivity contribution is 0.439. The lowest BCUT2D eigenvalue weighted by atomic mass is 10.1. The molecule has 0 radical (unpaired) electrons. The summed E-state index contributed by atoms with van der Waals surface area (Å²) in [5.41, 5.74) is 7.12. The van der Waals surface area contributed by atoms with Gasteiger partial charge in [0.2, 0.25) is 5.88 Å². The monoisotopic (exact) mass is 240 g/mol. The summed E-state index contributed by atoms with van der Waals surface area (Å²) in [6.45, 7) is 0. The zero-order valence-electron chi connectivity index (χ0n) is 8.03. The zero-order chi connectivity index (χ0) is 10.8. The number of nitrogens with two attached hydrogens (primary N) is 1. The molecule has 0 aliphatic heterocycles. The highest BCUT2D eigenvalue weighted by atomic mass is 35.5. The van der Waals surface area contributed by atoms with Gasteiger partial charge in [-0.15, -0.1) is 11.8 Å². The Balaban J connectivity index is 2.55. The van der Waals surface area contributed by atoms with Crippen LogP contribution >= 0.6 is 23.4 Å². The van der Waals surface area contributed by atoms with E-state index in [4.69, 9.17) is 21.9 Å². The molecule has 0 saturated carbocycles. The quantitative estimate of drug-likeness (QED) is 0.819. The molecule has 3 nitrogen and oxygen atoms in total. The third-order valence-corrected chi connectivity index (χ3v) is 3.00. The lowest BCUT2D eigenvalue weighted by Gasteiger charge is -2.03. The van der Waals surface area contributed by atoms with Crippen molar-refractivity contribution < 1.29 is 4.52 Å². The summed E-state index contributed by atoms with van der Waals surface area (Å²) in [5, 5.41) is 4.53. The maximum Gasteiger partial charge on any atom is 0.222 e. The van der Waals surface area contributed by atoms with Gasteiger partial charge in [-0.1, -0.05) is 16.8 Å². The van der Waals surface area contributed by atoms with E-state index in [9.17, 15) is 0 Å². The van der Waals surface area contributed by atoms with Crippen molar-refractivity contribution in [2.75, 3.05) is 12.0 Å². The van der Waals surface area contributed by atoms with Crippen LogP contribution in [0.4, 0.5) is 5.88 Å². The van der Waals surface area contributed by atoms with Crippen molar-refractivity contribution >= 4 is 29.2 Å². The molecule has 0 bridgehead atoms. The molecule has 15 heavy (non-hydrogen) atoms. The van der Waals surface area contributed by atoms with E-state index in [-0.39, 0.29) is 0 Å². The van der Waals surface area contributed by atoms with Crippen molar-refractivity contribution in [1.29, 1.82) is 0 Å². The van der Waals surface area contributed by atoms with Gasteiger partial charge < -0.3 is 10.3 Å². The van der Waals surface area contributed by atoms with Crippen molar-refractivity contribution in [3.63, 3.8) is 0 Å². The van der Waals surface area contributed by atoms with Crippen LogP contribution in [-0.4, -0.2) is 11.4 Å². The Labute approximate surface area is 96.6 Å². The fraction of sp³-hybridized carbons (Fsp3) is 0.100. The predicted molar refractivity (Wildman–Crippen MR) is 63.1 cm³/mol. The van der Waals surface area contributed by atoms with Gasteiger partial charge in [0.25, 0.3) is 0 Å². The second-order valence-electron chi connectivity index (χ2n) is 2.96. The molecular formula is C10H9ClN2OS. The number of thioether (sulfide) groups is 1. The highest BCUT2D eigenvalue weighted by molar-refractivity contribution is 7.98. The minimum Gasteiger partial charge on any atom is -0.368 e. The van der Waals surface area contributed by atoms with Gasteiger partial charge in [0.15, 0.2) is 0 Å². The van der Waals surface area contributed by atoms with Gasteiger partial charge >= 0.3 is 0 Å².